The van der Waals surface area contributed by atoms with E-state index < -0.39 is 5.60 Å². The number of aryl methyl sites for hydroxylation is 2. The summed E-state index contributed by atoms with van der Waals surface area (Å²) < 4.78 is 0. The van der Waals surface area contributed by atoms with Gasteiger partial charge in [-0.15, -0.1) is 11.3 Å². The Balaban J connectivity index is 1.99. The molecule has 0 radical (unpaired) electrons. The van der Waals surface area contributed by atoms with Crippen LogP contribution < -0.4 is 5.32 Å². The minimum Gasteiger partial charge on any atom is -0.389 e. The summed E-state index contributed by atoms with van der Waals surface area (Å²) in [6, 6.07) is 2.71. The van der Waals surface area contributed by atoms with E-state index in [-0.39, 0.29) is 0 Å². The van der Waals surface area contributed by atoms with Crippen LogP contribution in [0.2, 0.25) is 0 Å². The number of rotatable bonds is 4. The third-order valence-electron chi connectivity index (χ3n) is 3.28. The molecule has 1 aromatic heterocycles. The van der Waals surface area contributed by atoms with Gasteiger partial charge in [0, 0.05) is 22.3 Å². The first-order valence-corrected chi connectivity index (χ1v) is 7.34. The lowest BCUT2D eigenvalue weighted by Crippen LogP contribution is -2.35. The van der Waals surface area contributed by atoms with Crippen LogP contribution in [0.4, 0.5) is 0 Å². The van der Waals surface area contributed by atoms with Crippen LogP contribution in [0.15, 0.2) is 6.07 Å². The Hall–Kier alpha value is -0.380. The molecular weight excluding hydrogens is 230 g/mol. The third kappa shape index (κ3) is 3.54. The van der Waals surface area contributed by atoms with Crippen molar-refractivity contribution in [2.75, 3.05) is 6.54 Å². The van der Waals surface area contributed by atoms with Gasteiger partial charge in [-0.3, -0.25) is 0 Å². The van der Waals surface area contributed by atoms with E-state index in [0.717, 1.165) is 0 Å². The molecule has 0 aliphatic heterocycles. The molecule has 0 bridgehead atoms. The number of thiophene rings is 1. The van der Waals surface area contributed by atoms with Crippen molar-refractivity contribution in [3.05, 3.63) is 21.4 Å². The average molecular weight is 253 g/mol. The van der Waals surface area contributed by atoms with Crippen molar-refractivity contribution in [3.8, 4) is 0 Å². The molecule has 0 saturated heterocycles. The number of hydrogen-bond acceptors (Lipinski definition) is 3. The zero-order valence-corrected chi connectivity index (χ0v) is 11.9. The normalized spacial score (nSPS) is 17.9. The van der Waals surface area contributed by atoms with Gasteiger partial charge in [0.1, 0.15) is 0 Å². The summed E-state index contributed by atoms with van der Waals surface area (Å²) in [6.45, 7) is 6.50. The molecule has 3 heteroatoms. The van der Waals surface area contributed by atoms with Gasteiger partial charge >= 0.3 is 0 Å². The summed E-state index contributed by atoms with van der Waals surface area (Å²) in [5, 5.41) is 13.1. The van der Waals surface area contributed by atoms with Gasteiger partial charge in [-0.2, -0.15) is 0 Å². The molecule has 2 nitrogen and oxygen atoms in total. The van der Waals surface area contributed by atoms with Crippen molar-refractivity contribution < 1.29 is 5.11 Å². The van der Waals surface area contributed by atoms with E-state index in [9.17, 15) is 5.11 Å². The van der Waals surface area contributed by atoms with E-state index in [2.05, 4.69) is 18.3 Å². The van der Waals surface area contributed by atoms with E-state index in [4.69, 9.17) is 0 Å². The summed E-state index contributed by atoms with van der Waals surface area (Å²) >= 11 is 1.95. The molecule has 0 aromatic carbocycles. The average Bonchev–Trinajstić information content (AvgIpc) is 2.68. The zero-order valence-electron chi connectivity index (χ0n) is 11.0. The molecule has 96 valence electrons. The molecule has 1 aliphatic rings. The van der Waals surface area contributed by atoms with Crippen molar-refractivity contribution in [3.63, 3.8) is 0 Å². The van der Waals surface area contributed by atoms with E-state index in [0.29, 0.717) is 12.6 Å². The Kier molecular flexibility index (Phi) is 3.91. The van der Waals surface area contributed by atoms with Crippen LogP contribution in [-0.2, 0) is 12.8 Å². The fourth-order valence-corrected chi connectivity index (χ4v) is 3.51. The molecule has 1 unspecified atom stereocenters. The maximum Gasteiger partial charge on any atom is 0.0715 e. The zero-order chi connectivity index (χ0) is 12.5. The first kappa shape index (κ1) is 13.1. The largest absolute Gasteiger partial charge is 0.389 e. The van der Waals surface area contributed by atoms with Gasteiger partial charge < -0.3 is 10.4 Å². The Labute approximate surface area is 108 Å². The highest BCUT2D eigenvalue weighted by Gasteiger charge is 2.18. The lowest BCUT2D eigenvalue weighted by atomic mass is 9.99. The molecule has 0 saturated carbocycles. The van der Waals surface area contributed by atoms with Crippen LogP contribution in [-0.4, -0.2) is 17.3 Å². The quantitative estimate of drug-likeness (QED) is 0.864. The first-order chi connectivity index (χ1) is 7.96. The van der Waals surface area contributed by atoms with E-state index in [1.54, 1.807) is 10.4 Å². The smallest absolute Gasteiger partial charge is 0.0715 e. The molecule has 2 N–H and O–H groups in total. The molecular formula is C14H23NOS. The highest BCUT2D eigenvalue weighted by atomic mass is 32.1. The van der Waals surface area contributed by atoms with Crippen molar-refractivity contribution >= 4 is 11.3 Å². The van der Waals surface area contributed by atoms with Crippen molar-refractivity contribution in [1.82, 2.24) is 5.32 Å². The van der Waals surface area contributed by atoms with Crippen LogP contribution in [0, 0.1) is 0 Å². The highest BCUT2D eigenvalue weighted by molar-refractivity contribution is 7.12. The number of hydrogen-bond donors (Lipinski definition) is 2. The summed E-state index contributed by atoms with van der Waals surface area (Å²) in [5.41, 5.74) is 0.929. The Bertz CT molecular complexity index is 355. The second-order valence-electron chi connectivity index (χ2n) is 5.72. The molecule has 0 amide bonds. The molecule has 1 atom stereocenters. The molecule has 0 spiro atoms. The minimum atomic E-state index is -0.634. The maximum absolute atomic E-state index is 9.72. The van der Waals surface area contributed by atoms with Crippen molar-refractivity contribution in [2.24, 2.45) is 0 Å². The van der Waals surface area contributed by atoms with E-state index in [1.165, 1.54) is 30.6 Å². The predicted octanol–water partition coefficient (Wildman–Crippen LogP) is 3.05. The Morgan fingerprint density at radius 3 is 2.76 bits per heavy atom. The fraction of sp³-hybridized carbons (Fsp3) is 0.714. The van der Waals surface area contributed by atoms with Crippen molar-refractivity contribution in [1.29, 1.82) is 0 Å². The molecule has 17 heavy (non-hydrogen) atoms. The Morgan fingerprint density at radius 2 is 2.12 bits per heavy atom. The number of nitrogens with one attached hydrogen (secondary N) is 1. The number of fused-ring (bicyclic) bond motifs is 1. The minimum absolute atomic E-state index is 0.344. The van der Waals surface area contributed by atoms with Gasteiger partial charge in [-0.05, 0) is 58.1 Å². The van der Waals surface area contributed by atoms with Crippen LogP contribution in [0.1, 0.15) is 55.0 Å². The molecule has 1 aromatic rings. The first-order valence-electron chi connectivity index (χ1n) is 6.53. The second-order valence-corrected chi connectivity index (χ2v) is 6.89. The highest BCUT2D eigenvalue weighted by Crippen LogP contribution is 2.32. The van der Waals surface area contributed by atoms with Crippen LogP contribution in [0.3, 0.4) is 0 Å². The lowest BCUT2D eigenvalue weighted by Gasteiger charge is -2.21. The fourth-order valence-electron chi connectivity index (χ4n) is 2.23. The monoisotopic (exact) mass is 253 g/mol. The predicted molar refractivity (Wildman–Crippen MR) is 73.7 cm³/mol. The summed E-state index contributed by atoms with van der Waals surface area (Å²) in [5.74, 6) is 0. The second kappa shape index (κ2) is 5.09. The SMILES string of the molecule is CC(NCC(C)(C)O)c1cc2c(s1)CCCC2. The van der Waals surface area contributed by atoms with Gasteiger partial charge in [0.05, 0.1) is 5.60 Å². The van der Waals surface area contributed by atoms with Crippen LogP contribution in [0.25, 0.3) is 0 Å². The summed E-state index contributed by atoms with van der Waals surface area (Å²) in [6.07, 6.45) is 5.20. The van der Waals surface area contributed by atoms with Crippen LogP contribution >= 0.6 is 11.3 Å². The van der Waals surface area contributed by atoms with Gasteiger partial charge in [0.15, 0.2) is 0 Å². The molecule has 2 rings (SSSR count). The third-order valence-corrected chi connectivity index (χ3v) is 4.70. The number of aliphatic hydroxyl groups is 1. The van der Waals surface area contributed by atoms with Gasteiger partial charge in [0.25, 0.3) is 0 Å². The van der Waals surface area contributed by atoms with E-state index in [1.807, 2.05) is 25.2 Å². The maximum atomic E-state index is 9.72. The lowest BCUT2D eigenvalue weighted by molar-refractivity contribution is 0.0771. The topological polar surface area (TPSA) is 32.3 Å². The summed E-state index contributed by atoms with van der Waals surface area (Å²) in [4.78, 5) is 3.00. The molecule has 0 fully saturated rings. The standard InChI is InChI=1S/C14H23NOS/c1-10(15-9-14(2,3)16)13-8-11-6-4-5-7-12(11)17-13/h8,10,15-16H,4-7,9H2,1-3H3. The van der Waals surface area contributed by atoms with Gasteiger partial charge in [-0.1, -0.05) is 0 Å². The van der Waals surface area contributed by atoms with Crippen molar-refractivity contribution in [2.45, 2.75) is 58.1 Å². The molecule has 1 aliphatic carbocycles. The van der Waals surface area contributed by atoms with E-state index >= 15 is 0 Å². The molecule has 1 heterocycles. The van der Waals surface area contributed by atoms with Crippen LogP contribution in [0.5, 0.6) is 0 Å². The Morgan fingerprint density at radius 1 is 1.41 bits per heavy atom. The van der Waals surface area contributed by atoms with Gasteiger partial charge in [-0.25, -0.2) is 0 Å². The van der Waals surface area contributed by atoms with Gasteiger partial charge in [0.2, 0.25) is 0 Å². The summed E-state index contributed by atoms with van der Waals surface area (Å²) in [7, 11) is 0.